The number of carbonyl (C=O) groups excluding carboxylic acids is 2. The third kappa shape index (κ3) is 7.60. The van der Waals surface area contributed by atoms with E-state index in [0.29, 0.717) is 24.4 Å². The average molecular weight is 552 g/mol. The molecule has 0 saturated heterocycles. The molecule has 0 heterocycles. The van der Waals surface area contributed by atoms with Crippen LogP contribution in [0.1, 0.15) is 37.8 Å². The zero-order valence-electron chi connectivity index (χ0n) is 23.0. The molecule has 1 N–H and O–H groups in total. The van der Waals surface area contributed by atoms with Crippen LogP contribution in [0.15, 0.2) is 83.8 Å². The molecule has 0 aliphatic rings. The van der Waals surface area contributed by atoms with Crippen molar-refractivity contribution in [2.24, 2.45) is 0 Å². The van der Waals surface area contributed by atoms with Crippen LogP contribution in [0.2, 0.25) is 0 Å². The van der Waals surface area contributed by atoms with E-state index in [4.69, 9.17) is 4.74 Å². The molecule has 0 fully saturated rings. The molecule has 0 radical (unpaired) electrons. The van der Waals surface area contributed by atoms with E-state index in [9.17, 15) is 18.0 Å². The van der Waals surface area contributed by atoms with Crippen molar-refractivity contribution in [3.05, 3.63) is 90.0 Å². The Kier molecular flexibility index (Phi) is 10.5. The molecular formula is C30H37N3O5S. The second kappa shape index (κ2) is 13.8. The van der Waals surface area contributed by atoms with E-state index in [2.05, 4.69) is 5.32 Å². The third-order valence-corrected chi connectivity index (χ3v) is 8.14. The quantitative estimate of drug-likeness (QED) is 0.337. The van der Waals surface area contributed by atoms with Crippen LogP contribution in [0, 0.1) is 6.92 Å². The normalized spacial score (nSPS) is 11.9. The zero-order valence-corrected chi connectivity index (χ0v) is 23.8. The van der Waals surface area contributed by atoms with Gasteiger partial charge >= 0.3 is 0 Å². The summed E-state index contributed by atoms with van der Waals surface area (Å²) < 4.78 is 34.0. The standard InChI is InChI=1S/C30H37N3O5S/c1-5-19-31-30(35)28(6-2)32(21-24-11-10-12-26(20-24)38-4)29(34)22-33(25-17-15-23(3)16-18-25)39(36,37)27-13-8-7-9-14-27/h7-18,20,28H,5-6,19,21-22H2,1-4H3,(H,31,35). The molecule has 1 unspecified atom stereocenters. The Morgan fingerprint density at radius 3 is 2.26 bits per heavy atom. The third-order valence-electron chi connectivity index (χ3n) is 6.35. The number of anilines is 1. The van der Waals surface area contributed by atoms with Crippen LogP contribution in [-0.4, -0.2) is 51.4 Å². The lowest BCUT2D eigenvalue weighted by molar-refractivity contribution is -0.140. The van der Waals surface area contributed by atoms with Crippen LogP contribution >= 0.6 is 0 Å². The van der Waals surface area contributed by atoms with E-state index >= 15 is 0 Å². The van der Waals surface area contributed by atoms with Gasteiger partial charge in [0.15, 0.2) is 0 Å². The number of hydrogen-bond acceptors (Lipinski definition) is 5. The van der Waals surface area contributed by atoms with E-state index in [1.165, 1.54) is 17.0 Å². The van der Waals surface area contributed by atoms with Crippen molar-refractivity contribution < 1.29 is 22.7 Å². The SMILES string of the molecule is CCCNC(=O)C(CC)N(Cc1cccc(OC)c1)C(=O)CN(c1ccc(C)cc1)S(=O)(=O)c1ccccc1. The van der Waals surface area contributed by atoms with E-state index < -0.39 is 28.5 Å². The maximum atomic E-state index is 14.0. The van der Waals surface area contributed by atoms with Crippen LogP contribution in [0.4, 0.5) is 5.69 Å². The molecule has 8 nitrogen and oxygen atoms in total. The number of nitrogens with one attached hydrogen (secondary N) is 1. The highest BCUT2D eigenvalue weighted by atomic mass is 32.2. The molecule has 3 aromatic carbocycles. The highest BCUT2D eigenvalue weighted by Gasteiger charge is 2.33. The second-order valence-electron chi connectivity index (χ2n) is 9.25. The molecule has 3 aromatic rings. The molecule has 2 amide bonds. The maximum absolute atomic E-state index is 14.0. The number of hydrogen-bond donors (Lipinski definition) is 1. The van der Waals surface area contributed by atoms with Gasteiger partial charge in [0.05, 0.1) is 17.7 Å². The van der Waals surface area contributed by atoms with Crippen LogP contribution in [0.25, 0.3) is 0 Å². The van der Waals surface area contributed by atoms with E-state index in [1.807, 2.05) is 32.9 Å². The Morgan fingerprint density at radius 2 is 1.64 bits per heavy atom. The van der Waals surface area contributed by atoms with Gasteiger partial charge in [0, 0.05) is 13.1 Å². The lowest BCUT2D eigenvalue weighted by Crippen LogP contribution is -2.52. The number of aryl methyl sites for hydroxylation is 1. The van der Waals surface area contributed by atoms with Gasteiger partial charge in [-0.2, -0.15) is 0 Å². The molecule has 0 aromatic heterocycles. The fourth-order valence-corrected chi connectivity index (χ4v) is 5.65. The molecule has 208 valence electrons. The fourth-order valence-electron chi connectivity index (χ4n) is 4.21. The van der Waals surface area contributed by atoms with Crippen molar-refractivity contribution in [1.29, 1.82) is 0 Å². The fraction of sp³-hybridized carbons (Fsp3) is 0.333. The van der Waals surface area contributed by atoms with E-state index in [1.54, 1.807) is 61.7 Å². The summed E-state index contributed by atoms with van der Waals surface area (Å²) in [6.45, 7) is 5.81. The Morgan fingerprint density at radius 1 is 0.949 bits per heavy atom. The van der Waals surface area contributed by atoms with Crippen molar-refractivity contribution in [3.8, 4) is 5.75 Å². The predicted molar refractivity (Wildman–Crippen MR) is 153 cm³/mol. The van der Waals surface area contributed by atoms with Crippen molar-refractivity contribution in [1.82, 2.24) is 10.2 Å². The number of rotatable bonds is 13. The maximum Gasteiger partial charge on any atom is 0.264 e. The molecule has 9 heteroatoms. The molecule has 3 rings (SSSR count). The van der Waals surface area contributed by atoms with Gasteiger partial charge in [0.2, 0.25) is 11.8 Å². The van der Waals surface area contributed by atoms with Gasteiger partial charge in [0.1, 0.15) is 18.3 Å². The minimum absolute atomic E-state index is 0.0745. The molecule has 0 saturated carbocycles. The van der Waals surface area contributed by atoms with Crippen LogP contribution in [-0.2, 0) is 26.2 Å². The van der Waals surface area contributed by atoms with Gasteiger partial charge in [-0.1, -0.05) is 61.9 Å². The number of carbonyl (C=O) groups is 2. The lowest BCUT2D eigenvalue weighted by atomic mass is 10.1. The van der Waals surface area contributed by atoms with Crippen LogP contribution < -0.4 is 14.4 Å². The van der Waals surface area contributed by atoms with Gasteiger partial charge < -0.3 is 15.0 Å². The van der Waals surface area contributed by atoms with Crippen molar-refractivity contribution >= 4 is 27.5 Å². The first kappa shape index (κ1) is 29.7. The summed E-state index contributed by atoms with van der Waals surface area (Å²) in [6.07, 6.45) is 1.11. The number of methoxy groups -OCH3 is 1. The van der Waals surface area contributed by atoms with Gasteiger partial charge in [-0.25, -0.2) is 8.42 Å². The minimum Gasteiger partial charge on any atom is -0.497 e. The summed E-state index contributed by atoms with van der Waals surface area (Å²) in [6, 6.07) is 21.5. The number of nitrogens with zero attached hydrogens (tertiary/aromatic N) is 2. The highest BCUT2D eigenvalue weighted by Crippen LogP contribution is 2.25. The topological polar surface area (TPSA) is 96.0 Å². The minimum atomic E-state index is -4.08. The number of sulfonamides is 1. The smallest absolute Gasteiger partial charge is 0.264 e. The predicted octanol–water partition coefficient (Wildman–Crippen LogP) is 4.53. The molecular weight excluding hydrogens is 514 g/mol. The monoisotopic (exact) mass is 551 g/mol. The first-order valence-electron chi connectivity index (χ1n) is 13.1. The Labute approximate surface area is 231 Å². The largest absolute Gasteiger partial charge is 0.497 e. The molecule has 0 bridgehead atoms. The van der Waals surface area contributed by atoms with Gasteiger partial charge in [-0.05, 0) is 61.7 Å². The first-order valence-corrected chi connectivity index (χ1v) is 14.5. The van der Waals surface area contributed by atoms with Crippen molar-refractivity contribution in [2.45, 2.75) is 51.1 Å². The Bertz CT molecular complexity index is 1340. The van der Waals surface area contributed by atoms with Gasteiger partial charge in [0.25, 0.3) is 10.0 Å². The highest BCUT2D eigenvalue weighted by molar-refractivity contribution is 7.92. The molecule has 39 heavy (non-hydrogen) atoms. The summed E-state index contributed by atoms with van der Waals surface area (Å²) >= 11 is 0. The number of ether oxygens (including phenoxy) is 1. The number of amides is 2. The molecule has 1 atom stereocenters. The van der Waals surface area contributed by atoms with Gasteiger partial charge in [-0.15, -0.1) is 0 Å². The summed E-state index contributed by atoms with van der Waals surface area (Å²) in [5, 5.41) is 2.88. The summed E-state index contributed by atoms with van der Waals surface area (Å²) in [5.74, 6) is -0.142. The first-order chi connectivity index (χ1) is 18.7. The summed E-state index contributed by atoms with van der Waals surface area (Å²) in [4.78, 5) is 28.7. The van der Waals surface area contributed by atoms with Crippen molar-refractivity contribution in [2.75, 3.05) is 24.5 Å². The van der Waals surface area contributed by atoms with Crippen molar-refractivity contribution in [3.63, 3.8) is 0 Å². The Hall–Kier alpha value is -3.85. The second-order valence-corrected chi connectivity index (χ2v) is 11.1. The zero-order chi connectivity index (χ0) is 28.4. The molecule has 0 aliphatic carbocycles. The molecule has 0 aliphatic heterocycles. The Balaban J connectivity index is 2.04. The van der Waals surface area contributed by atoms with Gasteiger partial charge in [-0.3, -0.25) is 13.9 Å². The number of benzene rings is 3. The van der Waals surface area contributed by atoms with Crippen LogP contribution in [0.5, 0.6) is 5.75 Å². The van der Waals surface area contributed by atoms with E-state index in [-0.39, 0.29) is 17.3 Å². The van der Waals surface area contributed by atoms with E-state index in [0.717, 1.165) is 21.9 Å². The summed E-state index contributed by atoms with van der Waals surface area (Å²) in [5.41, 5.74) is 2.08. The van der Waals surface area contributed by atoms with Crippen LogP contribution in [0.3, 0.4) is 0 Å². The average Bonchev–Trinajstić information content (AvgIpc) is 2.95. The molecule has 0 spiro atoms. The lowest BCUT2D eigenvalue weighted by Gasteiger charge is -2.33. The summed E-state index contributed by atoms with van der Waals surface area (Å²) in [7, 11) is -2.52.